The summed E-state index contributed by atoms with van der Waals surface area (Å²) in [4.78, 5) is 24.0. The van der Waals surface area contributed by atoms with Crippen molar-refractivity contribution < 1.29 is 14.4 Å². The van der Waals surface area contributed by atoms with E-state index in [-0.39, 0.29) is 29.7 Å². The predicted molar refractivity (Wildman–Crippen MR) is 117 cm³/mol. The molecule has 2 heterocycles. The third kappa shape index (κ3) is 4.59. The van der Waals surface area contributed by atoms with E-state index >= 15 is 0 Å². The van der Waals surface area contributed by atoms with E-state index in [0.29, 0.717) is 43.0 Å². The molecular formula is C22H25FN6O3. The summed E-state index contributed by atoms with van der Waals surface area (Å²) in [6, 6.07) is 7.91. The van der Waals surface area contributed by atoms with E-state index in [9.17, 15) is 19.6 Å². The van der Waals surface area contributed by atoms with E-state index in [0.717, 1.165) is 11.3 Å². The minimum atomic E-state index is -1.02. The molecule has 0 saturated heterocycles. The van der Waals surface area contributed by atoms with Gasteiger partial charge in [0.25, 0.3) is 0 Å². The molecule has 168 valence electrons. The Kier molecular flexibility index (Phi) is 6.13. The lowest BCUT2D eigenvalue weighted by atomic mass is 9.80. The maximum atomic E-state index is 13.5. The molecule has 3 aromatic rings. The first-order valence-corrected chi connectivity index (χ1v) is 10.6. The van der Waals surface area contributed by atoms with Crippen LogP contribution < -0.4 is 5.32 Å². The van der Waals surface area contributed by atoms with Gasteiger partial charge in [-0.25, -0.2) is 19.3 Å². The predicted octanol–water partition coefficient (Wildman–Crippen LogP) is 3.70. The van der Waals surface area contributed by atoms with Gasteiger partial charge in [-0.05, 0) is 56.0 Å². The van der Waals surface area contributed by atoms with Crippen LogP contribution >= 0.6 is 0 Å². The van der Waals surface area contributed by atoms with Gasteiger partial charge in [0.1, 0.15) is 17.3 Å². The number of halogens is 1. The molecule has 0 aliphatic heterocycles. The second-order valence-corrected chi connectivity index (χ2v) is 8.13. The van der Waals surface area contributed by atoms with Crippen molar-refractivity contribution >= 4 is 5.82 Å². The summed E-state index contributed by atoms with van der Waals surface area (Å²) in [5, 5.41) is 24.5. The SMILES string of the molecule is CNc1ccnc(-c2c(-c3ccc(F)cc3)ncn2C2CCC(O)(CC[N+](=O)[O-])CC2)n1. The van der Waals surface area contributed by atoms with Crippen LogP contribution in [0.5, 0.6) is 0 Å². The molecule has 1 fully saturated rings. The minimum Gasteiger partial charge on any atom is -0.390 e. The maximum absolute atomic E-state index is 13.5. The average molecular weight is 440 g/mol. The third-order valence-electron chi connectivity index (χ3n) is 6.07. The Bertz CT molecular complexity index is 1090. The van der Waals surface area contributed by atoms with Crippen molar-refractivity contribution in [2.75, 3.05) is 18.9 Å². The number of nitro groups is 1. The van der Waals surface area contributed by atoms with Crippen LogP contribution in [0.1, 0.15) is 38.1 Å². The van der Waals surface area contributed by atoms with Gasteiger partial charge in [0.2, 0.25) is 6.54 Å². The van der Waals surface area contributed by atoms with Crippen molar-refractivity contribution in [2.24, 2.45) is 0 Å². The quantitative estimate of drug-likeness (QED) is 0.425. The maximum Gasteiger partial charge on any atom is 0.206 e. The van der Waals surface area contributed by atoms with E-state index in [1.807, 2.05) is 4.57 Å². The highest BCUT2D eigenvalue weighted by molar-refractivity contribution is 5.75. The summed E-state index contributed by atoms with van der Waals surface area (Å²) in [7, 11) is 1.77. The summed E-state index contributed by atoms with van der Waals surface area (Å²) in [6.07, 6.45) is 5.77. The Morgan fingerprint density at radius 2 is 1.97 bits per heavy atom. The van der Waals surface area contributed by atoms with Gasteiger partial charge >= 0.3 is 0 Å². The van der Waals surface area contributed by atoms with Crippen LogP contribution in [0.25, 0.3) is 22.8 Å². The number of benzene rings is 1. The Balaban J connectivity index is 1.68. The highest BCUT2D eigenvalue weighted by atomic mass is 19.1. The number of nitrogens with one attached hydrogen (secondary N) is 1. The normalized spacial score (nSPS) is 20.8. The standard InChI is InChI=1S/C22H25FN6O3/c1-24-18-8-12-25-21(27-18)20-19(15-2-4-16(23)5-3-15)26-14-28(20)17-6-9-22(30,10-7-17)11-13-29(31)32/h2-5,8,12,14,17,30H,6-7,9-11,13H2,1H3,(H,24,25,27). The summed E-state index contributed by atoms with van der Waals surface area (Å²) in [6.45, 7) is -0.239. The van der Waals surface area contributed by atoms with Crippen LogP contribution in [0.3, 0.4) is 0 Å². The first-order valence-electron chi connectivity index (χ1n) is 10.6. The second kappa shape index (κ2) is 8.99. The molecule has 0 amide bonds. The van der Waals surface area contributed by atoms with Crippen LogP contribution in [0.2, 0.25) is 0 Å². The van der Waals surface area contributed by atoms with Gasteiger partial charge in [0.05, 0.1) is 17.6 Å². The molecule has 0 spiro atoms. The van der Waals surface area contributed by atoms with E-state index < -0.39 is 5.60 Å². The van der Waals surface area contributed by atoms with E-state index in [4.69, 9.17) is 0 Å². The van der Waals surface area contributed by atoms with Crippen molar-refractivity contribution in [3.63, 3.8) is 0 Å². The largest absolute Gasteiger partial charge is 0.390 e. The number of aromatic nitrogens is 4. The molecule has 1 aliphatic carbocycles. The number of imidazole rings is 1. The number of anilines is 1. The molecule has 0 bridgehead atoms. The molecule has 4 rings (SSSR count). The van der Waals surface area contributed by atoms with Crippen LogP contribution in [0.15, 0.2) is 42.9 Å². The Morgan fingerprint density at radius 3 is 2.62 bits per heavy atom. The Labute approximate surface area is 184 Å². The molecule has 1 aromatic carbocycles. The molecule has 0 unspecified atom stereocenters. The van der Waals surface area contributed by atoms with Crippen LogP contribution in [0, 0.1) is 15.9 Å². The zero-order valence-corrected chi connectivity index (χ0v) is 17.7. The van der Waals surface area contributed by atoms with E-state index in [2.05, 4.69) is 20.3 Å². The molecule has 9 nitrogen and oxygen atoms in total. The van der Waals surface area contributed by atoms with Crippen molar-refractivity contribution in [3.05, 3.63) is 58.8 Å². The topological polar surface area (TPSA) is 119 Å². The lowest BCUT2D eigenvalue weighted by Crippen LogP contribution is -2.36. The third-order valence-corrected chi connectivity index (χ3v) is 6.07. The van der Waals surface area contributed by atoms with Gasteiger partial charge in [-0.3, -0.25) is 10.1 Å². The number of aliphatic hydroxyl groups is 1. The van der Waals surface area contributed by atoms with Crippen molar-refractivity contribution in [2.45, 2.75) is 43.7 Å². The fourth-order valence-corrected chi connectivity index (χ4v) is 4.26. The molecule has 1 saturated carbocycles. The zero-order valence-electron chi connectivity index (χ0n) is 17.7. The van der Waals surface area contributed by atoms with Gasteiger partial charge < -0.3 is 15.0 Å². The fourth-order valence-electron chi connectivity index (χ4n) is 4.26. The molecular weight excluding hydrogens is 415 g/mol. The lowest BCUT2D eigenvalue weighted by Gasteiger charge is -2.36. The van der Waals surface area contributed by atoms with Gasteiger partial charge in [0, 0.05) is 36.2 Å². The molecule has 2 N–H and O–H groups in total. The van der Waals surface area contributed by atoms with Gasteiger partial charge in [0.15, 0.2) is 5.82 Å². The van der Waals surface area contributed by atoms with Crippen LogP contribution in [-0.4, -0.2) is 48.7 Å². The van der Waals surface area contributed by atoms with Gasteiger partial charge in [-0.15, -0.1) is 0 Å². The van der Waals surface area contributed by atoms with Gasteiger partial charge in [-0.2, -0.15) is 0 Å². The first kappa shape index (κ1) is 21.8. The fraction of sp³-hybridized carbons (Fsp3) is 0.409. The Hall–Kier alpha value is -3.40. The van der Waals surface area contributed by atoms with Crippen molar-refractivity contribution in [3.8, 4) is 22.8 Å². The highest BCUT2D eigenvalue weighted by Crippen LogP contribution is 2.40. The summed E-state index contributed by atoms with van der Waals surface area (Å²) in [5.74, 6) is 0.818. The monoisotopic (exact) mass is 440 g/mol. The molecule has 10 heteroatoms. The highest BCUT2D eigenvalue weighted by Gasteiger charge is 2.36. The summed E-state index contributed by atoms with van der Waals surface area (Å²) >= 11 is 0. The smallest absolute Gasteiger partial charge is 0.206 e. The zero-order chi connectivity index (χ0) is 22.7. The summed E-state index contributed by atoms with van der Waals surface area (Å²) < 4.78 is 15.5. The molecule has 2 aromatic heterocycles. The number of rotatable bonds is 7. The lowest BCUT2D eigenvalue weighted by molar-refractivity contribution is -0.483. The van der Waals surface area contributed by atoms with E-state index in [1.165, 1.54) is 12.1 Å². The number of hydrogen-bond donors (Lipinski definition) is 2. The number of hydrogen-bond acceptors (Lipinski definition) is 7. The molecule has 0 atom stereocenters. The Morgan fingerprint density at radius 1 is 1.25 bits per heavy atom. The first-order chi connectivity index (χ1) is 15.4. The minimum absolute atomic E-state index is 0.0319. The number of nitrogens with zero attached hydrogens (tertiary/aromatic N) is 5. The van der Waals surface area contributed by atoms with Crippen molar-refractivity contribution in [1.29, 1.82) is 0 Å². The van der Waals surface area contributed by atoms with Crippen LogP contribution in [0.4, 0.5) is 10.2 Å². The summed E-state index contributed by atoms with van der Waals surface area (Å²) in [5.41, 5.74) is 1.09. The average Bonchev–Trinajstić information content (AvgIpc) is 3.24. The molecule has 32 heavy (non-hydrogen) atoms. The van der Waals surface area contributed by atoms with Crippen LogP contribution in [-0.2, 0) is 0 Å². The van der Waals surface area contributed by atoms with E-state index in [1.54, 1.807) is 37.8 Å². The molecule has 1 aliphatic rings. The van der Waals surface area contributed by atoms with Gasteiger partial charge in [-0.1, -0.05) is 0 Å². The second-order valence-electron chi connectivity index (χ2n) is 8.13. The van der Waals surface area contributed by atoms with Crippen molar-refractivity contribution in [1.82, 2.24) is 19.5 Å². The molecule has 0 radical (unpaired) electrons.